The Labute approximate surface area is 131 Å². The maximum absolute atomic E-state index is 12.7. The first kappa shape index (κ1) is 14.8. The van der Waals surface area contributed by atoms with Gasteiger partial charge in [0, 0.05) is 26.2 Å². The molecule has 0 N–H and O–H groups in total. The highest BCUT2D eigenvalue weighted by molar-refractivity contribution is 5.77. The zero-order chi connectivity index (χ0) is 15.5. The second-order valence-electron chi connectivity index (χ2n) is 5.98. The van der Waals surface area contributed by atoms with E-state index < -0.39 is 0 Å². The van der Waals surface area contributed by atoms with Crippen LogP contribution in [-0.2, 0) is 24.7 Å². The fourth-order valence-corrected chi connectivity index (χ4v) is 3.39. The molecule has 0 radical (unpaired) electrons. The number of carbonyl (C=O) groups is 1. The van der Waals surface area contributed by atoms with Crippen molar-refractivity contribution in [1.29, 1.82) is 0 Å². The number of hydrogen-bond acceptors (Lipinski definition) is 2. The van der Waals surface area contributed by atoms with Gasteiger partial charge >= 0.3 is 0 Å². The first-order valence-corrected chi connectivity index (χ1v) is 8.04. The molecule has 116 valence electrons. The van der Waals surface area contributed by atoms with Crippen molar-refractivity contribution in [1.82, 2.24) is 14.7 Å². The van der Waals surface area contributed by atoms with E-state index in [0.717, 1.165) is 31.4 Å². The van der Waals surface area contributed by atoms with Gasteiger partial charge in [0.25, 0.3) is 0 Å². The Morgan fingerprint density at radius 1 is 1.36 bits per heavy atom. The van der Waals surface area contributed by atoms with Gasteiger partial charge in [-0.1, -0.05) is 31.2 Å². The van der Waals surface area contributed by atoms with Gasteiger partial charge in [-0.25, -0.2) is 0 Å². The molecule has 0 unspecified atom stereocenters. The second-order valence-corrected chi connectivity index (χ2v) is 5.98. The summed E-state index contributed by atoms with van der Waals surface area (Å²) in [6.07, 6.45) is 7.08. The number of rotatable bonds is 4. The van der Waals surface area contributed by atoms with Crippen molar-refractivity contribution in [2.75, 3.05) is 6.54 Å². The number of carbonyl (C=O) groups excluding carboxylic acids is 1. The van der Waals surface area contributed by atoms with Crippen LogP contribution in [0, 0.1) is 0 Å². The van der Waals surface area contributed by atoms with E-state index in [1.165, 1.54) is 11.1 Å². The summed E-state index contributed by atoms with van der Waals surface area (Å²) >= 11 is 0. The van der Waals surface area contributed by atoms with E-state index in [1.54, 1.807) is 4.68 Å². The number of aromatic nitrogens is 2. The summed E-state index contributed by atoms with van der Waals surface area (Å²) in [4.78, 5) is 14.7. The average molecular weight is 297 g/mol. The zero-order valence-electron chi connectivity index (χ0n) is 13.3. The minimum absolute atomic E-state index is 0.228. The molecule has 0 spiro atoms. The molecule has 22 heavy (non-hydrogen) atoms. The van der Waals surface area contributed by atoms with Crippen LogP contribution in [0.25, 0.3) is 0 Å². The van der Waals surface area contributed by atoms with Crippen molar-refractivity contribution in [3.8, 4) is 0 Å². The minimum atomic E-state index is 0.228. The summed E-state index contributed by atoms with van der Waals surface area (Å²) in [5, 5.41) is 4.16. The molecule has 0 bridgehead atoms. The minimum Gasteiger partial charge on any atom is -0.335 e. The van der Waals surface area contributed by atoms with Crippen LogP contribution in [0.3, 0.4) is 0 Å². The maximum Gasteiger partial charge on any atom is 0.223 e. The van der Waals surface area contributed by atoms with Gasteiger partial charge in [-0.05, 0) is 36.0 Å². The highest BCUT2D eigenvalue weighted by atomic mass is 16.2. The number of hydrogen-bond donors (Lipinski definition) is 0. The topological polar surface area (TPSA) is 38.1 Å². The van der Waals surface area contributed by atoms with Crippen LogP contribution in [-0.4, -0.2) is 27.1 Å². The van der Waals surface area contributed by atoms with Crippen LogP contribution < -0.4 is 0 Å². The number of benzene rings is 1. The van der Waals surface area contributed by atoms with E-state index >= 15 is 0 Å². The summed E-state index contributed by atoms with van der Waals surface area (Å²) in [5.74, 6) is 0.255. The summed E-state index contributed by atoms with van der Waals surface area (Å²) in [5.41, 5.74) is 3.85. The lowest BCUT2D eigenvalue weighted by Crippen LogP contribution is -2.39. The molecule has 1 atom stereocenters. The average Bonchev–Trinajstić information content (AvgIpc) is 2.97. The highest BCUT2D eigenvalue weighted by Gasteiger charge is 2.28. The van der Waals surface area contributed by atoms with Gasteiger partial charge in [0.05, 0.1) is 12.2 Å². The molecule has 1 aliphatic heterocycles. The van der Waals surface area contributed by atoms with Crippen LogP contribution >= 0.6 is 0 Å². The van der Waals surface area contributed by atoms with Crippen molar-refractivity contribution in [3.05, 3.63) is 53.3 Å². The van der Waals surface area contributed by atoms with Crippen LogP contribution in [0.15, 0.2) is 36.7 Å². The van der Waals surface area contributed by atoms with E-state index in [2.05, 4.69) is 41.2 Å². The molecule has 0 fully saturated rings. The van der Waals surface area contributed by atoms with Crippen molar-refractivity contribution in [2.24, 2.45) is 7.05 Å². The smallest absolute Gasteiger partial charge is 0.223 e. The quantitative estimate of drug-likeness (QED) is 0.870. The number of amides is 1. The molecule has 1 aromatic heterocycles. The molecule has 1 aromatic carbocycles. The monoisotopic (exact) mass is 297 g/mol. The first-order chi connectivity index (χ1) is 10.7. The van der Waals surface area contributed by atoms with E-state index in [4.69, 9.17) is 0 Å². The molecule has 0 saturated heterocycles. The Kier molecular flexibility index (Phi) is 4.27. The lowest BCUT2D eigenvalue weighted by atomic mass is 9.91. The van der Waals surface area contributed by atoms with E-state index in [-0.39, 0.29) is 11.9 Å². The summed E-state index contributed by atoms with van der Waals surface area (Å²) in [6.45, 7) is 3.00. The first-order valence-electron chi connectivity index (χ1n) is 8.04. The molecule has 4 nitrogen and oxygen atoms in total. The van der Waals surface area contributed by atoms with E-state index in [9.17, 15) is 4.79 Å². The lowest BCUT2D eigenvalue weighted by Gasteiger charge is -2.37. The lowest BCUT2D eigenvalue weighted by molar-refractivity contribution is -0.134. The fraction of sp³-hybridized carbons (Fsp3) is 0.444. The van der Waals surface area contributed by atoms with Gasteiger partial charge < -0.3 is 4.90 Å². The van der Waals surface area contributed by atoms with Crippen LogP contribution in [0.2, 0.25) is 0 Å². The summed E-state index contributed by atoms with van der Waals surface area (Å²) < 4.78 is 1.78. The molecule has 2 heterocycles. The number of aryl methyl sites for hydroxylation is 2. The number of nitrogens with zero attached hydrogens (tertiary/aromatic N) is 3. The fourth-order valence-electron chi connectivity index (χ4n) is 3.39. The SMILES string of the molecule is CC[C@@H]1c2ccccc2CCN1C(=O)CCc1cnn(C)c1. The van der Waals surface area contributed by atoms with E-state index in [0.29, 0.717) is 6.42 Å². The van der Waals surface area contributed by atoms with Crippen molar-refractivity contribution in [2.45, 2.75) is 38.6 Å². The molecule has 4 heteroatoms. The summed E-state index contributed by atoms with van der Waals surface area (Å²) in [6, 6.07) is 8.75. The normalized spacial score (nSPS) is 17.4. The van der Waals surface area contributed by atoms with Crippen molar-refractivity contribution >= 4 is 5.91 Å². The Bertz CT molecular complexity index is 662. The van der Waals surface area contributed by atoms with Gasteiger partial charge in [0.2, 0.25) is 5.91 Å². The molecule has 1 amide bonds. The van der Waals surface area contributed by atoms with Crippen molar-refractivity contribution < 1.29 is 4.79 Å². The molecule has 0 saturated carbocycles. The molecular formula is C18H23N3O. The van der Waals surface area contributed by atoms with Crippen LogP contribution in [0.4, 0.5) is 0 Å². The second kappa shape index (κ2) is 6.34. The molecular weight excluding hydrogens is 274 g/mol. The number of fused-ring (bicyclic) bond motifs is 1. The van der Waals surface area contributed by atoms with Gasteiger partial charge in [0.15, 0.2) is 0 Å². The largest absolute Gasteiger partial charge is 0.335 e. The Hall–Kier alpha value is -2.10. The summed E-state index contributed by atoms with van der Waals surface area (Å²) in [7, 11) is 1.90. The molecule has 1 aliphatic rings. The zero-order valence-corrected chi connectivity index (χ0v) is 13.3. The van der Waals surface area contributed by atoms with Gasteiger partial charge in [-0.3, -0.25) is 9.48 Å². The third-order valence-corrected chi connectivity index (χ3v) is 4.51. The molecule has 0 aliphatic carbocycles. The molecule has 3 rings (SSSR count). The van der Waals surface area contributed by atoms with Gasteiger partial charge in [-0.15, -0.1) is 0 Å². The van der Waals surface area contributed by atoms with Crippen LogP contribution in [0.1, 0.15) is 42.5 Å². The standard InChI is InChI=1S/C18H23N3O/c1-3-17-16-7-5-4-6-15(16)10-11-21(17)18(22)9-8-14-12-19-20(2)13-14/h4-7,12-13,17H,3,8-11H2,1-2H3/t17-/m1/s1. The Morgan fingerprint density at radius 3 is 2.91 bits per heavy atom. The highest BCUT2D eigenvalue weighted by Crippen LogP contribution is 2.32. The molecule has 2 aromatic rings. The van der Waals surface area contributed by atoms with Gasteiger partial charge in [0.1, 0.15) is 0 Å². The predicted molar refractivity (Wildman–Crippen MR) is 86.4 cm³/mol. The van der Waals surface area contributed by atoms with Crippen molar-refractivity contribution in [3.63, 3.8) is 0 Å². The predicted octanol–water partition coefficient (Wildman–Crippen LogP) is 2.89. The van der Waals surface area contributed by atoms with Crippen LogP contribution in [0.5, 0.6) is 0 Å². The van der Waals surface area contributed by atoms with E-state index in [1.807, 2.05) is 19.4 Å². The van der Waals surface area contributed by atoms with Gasteiger partial charge in [-0.2, -0.15) is 5.10 Å². The maximum atomic E-state index is 12.7. The Balaban J connectivity index is 1.70. The Morgan fingerprint density at radius 2 is 2.18 bits per heavy atom. The third-order valence-electron chi connectivity index (χ3n) is 4.51. The third kappa shape index (κ3) is 2.91.